The molecule has 0 radical (unpaired) electrons. The average Bonchev–Trinajstić information content (AvgIpc) is 2.68. The Bertz CT molecular complexity index is 228. The van der Waals surface area contributed by atoms with E-state index >= 15 is 0 Å². The van der Waals surface area contributed by atoms with Crippen LogP contribution in [0.15, 0.2) is 0 Å². The average molecular weight is 182 g/mol. The number of nitrogens with zero attached hydrogens (tertiary/aromatic N) is 1. The molecule has 72 valence electrons. The fourth-order valence-corrected chi connectivity index (χ4v) is 2.50. The Labute approximate surface area is 77.2 Å². The van der Waals surface area contributed by atoms with Gasteiger partial charge in [-0.2, -0.15) is 0 Å². The van der Waals surface area contributed by atoms with Crippen molar-refractivity contribution in [3.63, 3.8) is 0 Å². The summed E-state index contributed by atoms with van der Waals surface area (Å²) in [6, 6.07) is 0. The number of hydrogen-bond acceptors (Lipinski definition) is 3. The first-order valence-electron chi connectivity index (χ1n) is 5.00. The first-order valence-corrected chi connectivity index (χ1v) is 5.00. The van der Waals surface area contributed by atoms with Gasteiger partial charge < -0.3 is 4.74 Å². The van der Waals surface area contributed by atoms with Gasteiger partial charge in [-0.25, -0.2) is 5.43 Å². The number of rotatable bonds is 1. The van der Waals surface area contributed by atoms with E-state index in [0.717, 1.165) is 32.7 Å². The third-order valence-corrected chi connectivity index (χ3v) is 3.36. The molecule has 1 saturated carbocycles. The molecule has 0 aromatic carbocycles. The number of nitrogens with one attached hydrogen (secondary N) is 1. The van der Waals surface area contributed by atoms with Crippen LogP contribution in [0.2, 0.25) is 0 Å². The number of fused-ring (bicyclic) bond motifs is 1. The van der Waals surface area contributed by atoms with E-state index in [9.17, 15) is 4.79 Å². The summed E-state index contributed by atoms with van der Waals surface area (Å²) >= 11 is 0. The molecule has 0 aromatic rings. The van der Waals surface area contributed by atoms with Gasteiger partial charge >= 0.3 is 0 Å². The molecule has 0 aromatic heterocycles. The van der Waals surface area contributed by atoms with Crippen molar-refractivity contribution in [3.8, 4) is 0 Å². The first-order chi connectivity index (χ1) is 6.38. The fraction of sp³-hybridized carbons (Fsp3) is 0.889. The number of carbonyl (C=O) groups is 1. The van der Waals surface area contributed by atoms with Gasteiger partial charge in [-0.1, -0.05) is 0 Å². The van der Waals surface area contributed by atoms with Crippen LogP contribution >= 0.6 is 0 Å². The van der Waals surface area contributed by atoms with Crippen molar-refractivity contribution in [2.45, 2.75) is 6.42 Å². The van der Waals surface area contributed by atoms with Crippen molar-refractivity contribution in [1.82, 2.24) is 10.4 Å². The van der Waals surface area contributed by atoms with E-state index in [1.807, 2.05) is 0 Å². The Hall–Kier alpha value is -0.610. The molecule has 3 aliphatic rings. The van der Waals surface area contributed by atoms with Crippen molar-refractivity contribution >= 4 is 5.91 Å². The second kappa shape index (κ2) is 2.69. The minimum atomic E-state index is 0.277. The zero-order chi connectivity index (χ0) is 8.84. The highest BCUT2D eigenvalue weighted by Gasteiger charge is 2.59. The minimum absolute atomic E-state index is 0.277. The molecule has 2 saturated heterocycles. The summed E-state index contributed by atoms with van der Waals surface area (Å²) in [7, 11) is 0. The minimum Gasteiger partial charge on any atom is -0.381 e. The van der Waals surface area contributed by atoms with Crippen LogP contribution in [0.3, 0.4) is 0 Å². The van der Waals surface area contributed by atoms with Crippen molar-refractivity contribution in [2.75, 3.05) is 26.3 Å². The summed E-state index contributed by atoms with van der Waals surface area (Å²) in [4.78, 5) is 11.8. The van der Waals surface area contributed by atoms with Crippen LogP contribution in [-0.2, 0) is 9.53 Å². The topological polar surface area (TPSA) is 41.6 Å². The second-order valence-electron chi connectivity index (χ2n) is 4.14. The molecule has 2 unspecified atom stereocenters. The maximum Gasteiger partial charge on any atom is 0.240 e. The van der Waals surface area contributed by atoms with E-state index in [1.165, 1.54) is 0 Å². The molecule has 4 heteroatoms. The van der Waals surface area contributed by atoms with Crippen molar-refractivity contribution in [3.05, 3.63) is 0 Å². The quantitative estimate of drug-likeness (QED) is 0.601. The zero-order valence-electron chi connectivity index (χ0n) is 7.53. The Morgan fingerprint density at radius 2 is 2.15 bits per heavy atom. The Balaban J connectivity index is 1.63. The van der Waals surface area contributed by atoms with Crippen LogP contribution in [0.4, 0.5) is 0 Å². The highest BCUT2D eigenvalue weighted by atomic mass is 16.5. The van der Waals surface area contributed by atoms with E-state index in [1.54, 1.807) is 5.01 Å². The van der Waals surface area contributed by atoms with Crippen LogP contribution in [0.25, 0.3) is 0 Å². The van der Waals surface area contributed by atoms with Gasteiger partial charge in [-0.05, 0) is 6.42 Å². The smallest absolute Gasteiger partial charge is 0.240 e. The molecule has 0 spiro atoms. The summed E-state index contributed by atoms with van der Waals surface area (Å²) in [6.07, 6.45) is 1.09. The third-order valence-electron chi connectivity index (χ3n) is 3.36. The number of hydrogen-bond donors (Lipinski definition) is 1. The van der Waals surface area contributed by atoms with Crippen LogP contribution in [0.5, 0.6) is 0 Å². The molecule has 0 bridgehead atoms. The first kappa shape index (κ1) is 7.76. The molecule has 13 heavy (non-hydrogen) atoms. The highest BCUT2D eigenvalue weighted by molar-refractivity contribution is 5.82. The zero-order valence-corrected chi connectivity index (χ0v) is 7.53. The lowest BCUT2D eigenvalue weighted by Gasteiger charge is -2.16. The maximum atomic E-state index is 11.8. The Morgan fingerprint density at radius 3 is 2.77 bits per heavy atom. The van der Waals surface area contributed by atoms with E-state index < -0.39 is 0 Å². The predicted octanol–water partition coefficient (Wildman–Crippen LogP) is -0.384. The Kier molecular flexibility index (Phi) is 1.60. The highest BCUT2D eigenvalue weighted by Crippen LogP contribution is 2.51. The normalized spacial score (nSPS) is 42.2. The van der Waals surface area contributed by atoms with Crippen molar-refractivity contribution < 1.29 is 9.53 Å². The maximum absolute atomic E-state index is 11.8. The number of hydrazine groups is 1. The standard InChI is InChI=1S/C9H14N2O2/c12-9(11-3-1-2-10-11)8-6-4-13-5-7(6)8/h6-8,10H,1-5H2. The molecule has 3 fully saturated rings. The molecular weight excluding hydrogens is 168 g/mol. The van der Waals surface area contributed by atoms with Crippen LogP contribution in [0.1, 0.15) is 6.42 Å². The van der Waals surface area contributed by atoms with Crippen molar-refractivity contribution in [1.29, 1.82) is 0 Å². The molecular formula is C9H14N2O2. The summed E-state index contributed by atoms with van der Waals surface area (Å²) in [6.45, 7) is 3.43. The molecule has 1 N–H and O–H groups in total. The van der Waals surface area contributed by atoms with E-state index in [0.29, 0.717) is 17.7 Å². The van der Waals surface area contributed by atoms with Crippen LogP contribution in [0, 0.1) is 17.8 Å². The largest absolute Gasteiger partial charge is 0.381 e. The van der Waals surface area contributed by atoms with Gasteiger partial charge in [0.15, 0.2) is 0 Å². The summed E-state index contributed by atoms with van der Waals surface area (Å²) in [5, 5.41) is 1.79. The molecule has 1 aliphatic carbocycles. The molecule has 3 rings (SSSR count). The fourth-order valence-electron chi connectivity index (χ4n) is 2.50. The van der Waals surface area contributed by atoms with Gasteiger partial charge in [0.1, 0.15) is 0 Å². The monoisotopic (exact) mass is 182 g/mol. The third kappa shape index (κ3) is 1.09. The van der Waals surface area contributed by atoms with Gasteiger partial charge in [0.25, 0.3) is 0 Å². The summed E-state index contributed by atoms with van der Waals surface area (Å²) in [5.41, 5.74) is 3.11. The molecule has 2 heterocycles. The number of carbonyl (C=O) groups excluding carboxylic acids is 1. The van der Waals surface area contributed by atoms with Crippen LogP contribution in [-0.4, -0.2) is 37.2 Å². The number of ether oxygens (including phenoxy) is 1. The second-order valence-corrected chi connectivity index (χ2v) is 4.14. The van der Waals surface area contributed by atoms with Gasteiger partial charge in [0.05, 0.1) is 19.1 Å². The lowest BCUT2D eigenvalue weighted by molar-refractivity contribution is -0.135. The van der Waals surface area contributed by atoms with E-state index in [2.05, 4.69) is 5.43 Å². The van der Waals surface area contributed by atoms with E-state index in [-0.39, 0.29) is 5.92 Å². The van der Waals surface area contributed by atoms with E-state index in [4.69, 9.17) is 4.74 Å². The molecule has 2 aliphatic heterocycles. The van der Waals surface area contributed by atoms with Gasteiger partial charge in [0.2, 0.25) is 5.91 Å². The SMILES string of the molecule is O=C(C1C2COCC21)N1CCCN1. The molecule has 4 nitrogen and oxygen atoms in total. The lowest BCUT2D eigenvalue weighted by Crippen LogP contribution is -2.39. The summed E-state index contributed by atoms with van der Waals surface area (Å²) in [5.74, 6) is 1.65. The van der Waals surface area contributed by atoms with Crippen molar-refractivity contribution in [2.24, 2.45) is 17.8 Å². The lowest BCUT2D eigenvalue weighted by atomic mass is 10.3. The van der Waals surface area contributed by atoms with Gasteiger partial charge in [0, 0.05) is 24.9 Å². The number of amides is 1. The van der Waals surface area contributed by atoms with Gasteiger partial charge in [-0.15, -0.1) is 0 Å². The summed E-state index contributed by atoms with van der Waals surface area (Å²) < 4.78 is 5.26. The molecule has 1 amide bonds. The van der Waals surface area contributed by atoms with Crippen LogP contribution < -0.4 is 5.43 Å². The Morgan fingerprint density at radius 1 is 1.38 bits per heavy atom. The van der Waals surface area contributed by atoms with Gasteiger partial charge in [-0.3, -0.25) is 9.80 Å². The predicted molar refractivity (Wildman–Crippen MR) is 45.6 cm³/mol. The molecule has 2 atom stereocenters.